The van der Waals surface area contributed by atoms with E-state index in [0.29, 0.717) is 6.42 Å². The molecule has 0 aromatic heterocycles. The number of allylic oxidation sites excluding steroid dienone is 2. The van der Waals surface area contributed by atoms with Crippen molar-refractivity contribution in [3.63, 3.8) is 0 Å². The molecule has 0 atom stereocenters. The molecule has 0 aliphatic rings. The van der Waals surface area contributed by atoms with E-state index in [1.165, 1.54) is 109 Å². The first-order valence-corrected chi connectivity index (χ1v) is 11.6. The van der Waals surface area contributed by atoms with Gasteiger partial charge in [0, 0.05) is 6.42 Å². The minimum Gasteiger partial charge on any atom is -0.481 e. The van der Waals surface area contributed by atoms with E-state index in [1.54, 1.807) is 0 Å². The summed E-state index contributed by atoms with van der Waals surface area (Å²) >= 11 is 0. The molecule has 27 heavy (non-hydrogen) atoms. The SMILES string of the molecule is CCCCCCCC/C=C\CCCCCCCCCCCCCC(=O)O.N. The summed E-state index contributed by atoms with van der Waals surface area (Å²) in [5, 5.41) is 8.57. The fraction of sp³-hybridized carbons (Fsp3) is 0.875. The number of carbonyl (C=O) groups is 1. The van der Waals surface area contributed by atoms with Crippen LogP contribution in [0.15, 0.2) is 12.2 Å². The summed E-state index contributed by atoms with van der Waals surface area (Å²) in [4.78, 5) is 10.4. The normalized spacial score (nSPS) is 11.0. The van der Waals surface area contributed by atoms with Crippen LogP contribution in [0.1, 0.15) is 135 Å². The van der Waals surface area contributed by atoms with Crippen molar-refractivity contribution >= 4 is 5.97 Å². The van der Waals surface area contributed by atoms with Gasteiger partial charge in [-0.3, -0.25) is 4.79 Å². The number of unbranched alkanes of at least 4 members (excludes halogenated alkanes) is 17. The zero-order valence-corrected chi connectivity index (χ0v) is 18.4. The minimum absolute atomic E-state index is 0. The second-order valence-electron chi connectivity index (χ2n) is 7.85. The highest BCUT2D eigenvalue weighted by Crippen LogP contribution is 2.13. The first-order valence-electron chi connectivity index (χ1n) is 11.6. The van der Waals surface area contributed by atoms with Gasteiger partial charge in [0.15, 0.2) is 0 Å². The third-order valence-corrected chi connectivity index (χ3v) is 5.15. The van der Waals surface area contributed by atoms with Crippen LogP contribution in [-0.2, 0) is 4.79 Å². The Morgan fingerprint density at radius 1 is 0.593 bits per heavy atom. The predicted molar refractivity (Wildman–Crippen MR) is 120 cm³/mol. The molecule has 0 unspecified atom stereocenters. The summed E-state index contributed by atoms with van der Waals surface area (Å²) < 4.78 is 0. The van der Waals surface area contributed by atoms with Gasteiger partial charge in [-0.1, -0.05) is 109 Å². The van der Waals surface area contributed by atoms with E-state index >= 15 is 0 Å². The van der Waals surface area contributed by atoms with Crippen LogP contribution in [0.25, 0.3) is 0 Å². The Morgan fingerprint density at radius 2 is 0.926 bits per heavy atom. The lowest BCUT2D eigenvalue weighted by Crippen LogP contribution is -1.93. The van der Waals surface area contributed by atoms with E-state index in [9.17, 15) is 4.79 Å². The molecular formula is C24H49NO2. The van der Waals surface area contributed by atoms with Gasteiger partial charge < -0.3 is 11.3 Å². The summed E-state index contributed by atoms with van der Waals surface area (Å²) in [5.41, 5.74) is 0. The molecular weight excluding hydrogens is 334 g/mol. The molecule has 0 radical (unpaired) electrons. The van der Waals surface area contributed by atoms with Crippen LogP contribution in [0, 0.1) is 0 Å². The van der Waals surface area contributed by atoms with E-state index in [2.05, 4.69) is 19.1 Å². The average molecular weight is 384 g/mol. The highest BCUT2D eigenvalue weighted by atomic mass is 16.4. The molecule has 3 heteroatoms. The molecule has 0 aliphatic carbocycles. The standard InChI is InChI=1S/C24H46O2.H3N/c1-2-3-4-5-6-7-8-9-10-11-12-13-14-15-16-17-18-19-20-21-22-23-24(25)26;/h9-10H,2-8,11-23H2,1H3,(H,25,26);1H3/b10-9-;. The van der Waals surface area contributed by atoms with Crippen molar-refractivity contribution in [3.8, 4) is 0 Å². The third kappa shape index (κ3) is 27.5. The van der Waals surface area contributed by atoms with E-state index in [1.807, 2.05) is 0 Å². The first-order chi connectivity index (χ1) is 12.8. The number of hydrogen-bond donors (Lipinski definition) is 2. The lowest BCUT2D eigenvalue weighted by atomic mass is 10.0. The van der Waals surface area contributed by atoms with Gasteiger partial charge in [0.1, 0.15) is 0 Å². The van der Waals surface area contributed by atoms with E-state index in [0.717, 1.165) is 12.8 Å². The molecule has 162 valence electrons. The van der Waals surface area contributed by atoms with Crippen molar-refractivity contribution in [2.24, 2.45) is 0 Å². The van der Waals surface area contributed by atoms with Crippen LogP contribution in [0.2, 0.25) is 0 Å². The van der Waals surface area contributed by atoms with E-state index in [-0.39, 0.29) is 6.15 Å². The molecule has 0 fully saturated rings. The van der Waals surface area contributed by atoms with Crippen LogP contribution < -0.4 is 6.15 Å². The Balaban J connectivity index is 0. The topological polar surface area (TPSA) is 72.3 Å². The first kappa shape index (κ1) is 28.4. The van der Waals surface area contributed by atoms with E-state index < -0.39 is 5.97 Å². The largest absolute Gasteiger partial charge is 0.481 e. The van der Waals surface area contributed by atoms with Crippen LogP contribution in [0.3, 0.4) is 0 Å². The summed E-state index contributed by atoms with van der Waals surface area (Å²) in [5.74, 6) is -0.654. The monoisotopic (exact) mass is 383 g/mol. The molecule has 0 spiro atoms. The molecule has 0 aromatic rings. The molecule has 0 bridgehead atoms. The number of rotatable bonds is 21. The molecule has 0 heterocycles. The minimum atomic E-state index is -0.654. The Labute approximate surface area is 170 Å². The highest BCUT2D eigenvalue weighted by Gasteiger charge is 1.97. The summed E-state index contributed by atoms with van der Waals surface area (Å²) in [6, 6.07) is 0. The second kappa shape index (κ2) is 25.2. The van der Waals surface area contributed by atoms with Gasteiger partial charge in [-0.15, -0.1) is 0 Å². The molecule has 0 aliphatic heterocycles. The Morgan fingerprint density at radius 3 is 1.30 bits per heavy atom. The second-order valence-corrected chi connectivity index (χ2v) is 7.85. The van der Waals surface area contributed by atoms with Gasteiger partial charge in [0.2, 0.25) is 0 Å². The van der Waals surface area contributed by atoms with Crippen LogP contribution in [0.4, 0.5) is 0 Å². The number of aliphatic carboxylic acids is 1. The lowest BCUT2D eigenvalue weighted by Gasteiger charge is -2.02. The lowest BCUT2D eigenvalue weighted by molar-refractivity contribution is -0.137. The van der Waals surface area contributed by atoms with Gasteiger partial charge in [-0.05, 0) is 32.1 Å². The zero-order valence-electron chi connectivity index (χ0n) is 18.4. The van der Waals surface area contributed by atoms with Gasteiger partial charge in [-0.2, -0.15) is 0 Å². The van der Waals surface area contributed by atoms with Crippen molar-refractivity contribution < 1.29 is 9.90 Å². The molecule has 0 saturated carbocycles. The molecule has 0 amide bonds. The maximum absolute atomic E-state index is 10.4. The van der Waals surface area contributed by atoms with Crippen molar-refractivity contribution in [3.05, 3.63) is 12.2 Å². The predicted octanol–water partition coefficient (Wildman–Crippen LogP) is 8.61. The van der Waals surface area contributed by atoms with Crippen molar-refractivity contribution in [1.82, 2.24) is 6.15 Å². The zero-order chi connectivity index (χ0) is 19.1. The van der Waals surface area contributed by atoms with Crippen LogP contribution in [0.5, 0.6) is 0 Å². The molecule has 0 rings (SSSR count). The quantitative estimate of drug-likeness (QED) is 0.154. The molecule has 0 saturated heterocycles. The molecule has 4 N–H and O–H groups in total. The highest BCUT2D eigenvalue weighted by molar-refractivity contribution is 5.66. The number of hydrogen-bond acceptors (Lipinski definition) is 2. The van der Waals surface area contributed by atoms with E-state index in [4.69, 9.17) is 5.11 Å². The van der Waals surface area contributed by atoms with Crippen LogP contribution >= 0.6 is 0 Å². The van der Waals surface area contributed by atoms with Crippen molar-refractivity contribution in [1.29, 1.82) is 0 Å². The van der Waals surface area contributed by atoms with Gasteiger partial charge in [-0.25, -0.2) is 0 Å². The summed E-state index contributed by atoms with van der Waals surface area (Å²) in [7, 11) is 0. The Bertz CT molecular complexity index is 316. The third-order valence-electron chi connectivity index (χ3n) is 5.15. The van der Waals surface area contributed by atoms with Crippen molar-refractivity contribution in [2.45, 2.75) is 135 Å². The Hall–Kier alpha value is -0.830. The van der Waals surface area contributed by atoms with Crippen LogP contribution in [-0.4, -0.2) is 11.1 Å². The van der Waals surface area contributed by atoms with Gasteiger partial charge >= 0.3 is 5.97 Å². The molecule has 0 aromatic carbocycles. The maximum atomic E-state index is 10.4. The average Bonchev–Trinajstić information content (AvgIpc) is 2.62. The van der Waals surface area contributed by atoms with Crippen molar-refractivity contribution in [2.75, 3.05) is 0 Å². The van der Waals surface area contributed by atoms with Gasteiger partial charge in [0.05, 0.1) is 0 Å². The maximum Gasteiger partial charge on any atom is 0.303 e. The van der Waals surface area contributed by atoms with Gasteiger partial charge in [0.25, 0.3) is 0 Å². The smallest absolute Gasteiger partial charge is 0.303 e. The molecule has 3 nitrogen and oxygen atoms in total. The Kier molecular flexibility index (Phi) is 26.5. The fourth-order valence-corrected chi connectivity index (χ4v) is 3.41. The number of carboxylic acid groups (broad SMARTS) is 1. The number of carboxylic acids is 1. The summed E-state index contributed by atoms with van der Waals surface area (Å²) in [6.07, 6.45) is 30.1. The fourth-order valence-electron chi connectivity index (χ4n) is 3.41. The summed E-state index contributed by atoms with van der Waals surface area (Å²) in [6.45, 7) is 2.28.